The summed E-state index contributed by atoms with van der Waals surface area (Å²) in [6.07, 6.45) is 2.81. The summed E-state index contributed by atoms with van der Waals surface area (Å²) in [4.78, 5) is 4.31. The van der Waals surface area contributed by atoms with Gasteiger partial charge in [0.1, 0.15) is 0 Å². The molecule has 1 N–H and O–H groups in total. The van der Waals surface area contributed by atoms with Crippen LogP contribution in [0.1, 0.15) is 16.6 Å². The molecule has 15 heavy (non-hydrogen) atoms. The number of hydrogen-bond donors (Lipinski definition) is 1. The molecule has 2 rings (SSSR count). The van der Waals surface area contributed by atoms with Crippen LogP contribution in [0.15, 0.2) is 26.8 Å². The fourth-order valence-electron chi connectivity index (χ4n) is 1.42. The van der Waals surface area contributed by atoms with Gasteiger partial charge in [-0.15, -0.1) is 22.7 Å². The topological polar surface area (TPSA) is 24.9 Å². The Kier molecular flexibility index (Phi) is 3.91. The Morgan fingerprint density at radius 2 is 2.40 bits per heavy atom. The minimum atomic E-state index is 0.360. The van der Waals surface area contributed by atoms with E-state index in [2.05, 4.69) is 37.7 Å². The lowest BCUT2D eigenvalue weighted by molar-refractivity contribution is 0.592. The summed E-state index contributed by atoms with van der Waals surface area (Å²) in [6.45, 7) is 0. The fourth-order valence-corrected chi connectivity index (χ4v) is 3.31. The van der Waals surface area contributed by atoms with Gasteiger partial charge in [0.15, 0.2) is 0 Å². The van der Waals surface area contributed by atoms with Crippen molar-refractivity contribution in [1.82, 2.24) is 10.3 Å². The van der Waals surface area contributed by atoms with Crippen molar-refractivity contribution in [2.24, 2.45) is 0 Å². The summed E-state index contributed by atoms with van der Waals surface area (Å²) < 4.78 is 1.18. The van der Waals surface area contributed by atoms with Crippen LogP contribution >= 0.6 is 38.6 Å². The molecule has 0 spiro atoms. The highest BCUT2D eigenvalue weighted by Crippen LogP contribution is 2.27. The largest absolute Gasteiger partial charge is 0.313 e. The number of aromatic nitrogens is 1. The molecule has 0 aliphatic carbocycles. The normalized spacial score (nSPS) is 12.9. The summed E-state index contributed by atoms with van der Waals surface area (Å²) in [5.41, 5.74) is 1.32. The Bertz CT molecular complexity index is 411. The maximum Gasteiger partial charge on any atom is 0.0943 e. The van der Waals surface area contributed by atoms with E-state index in [1.165, 1.54) is 14.4 Å². The molecule has 0 saturated carbocycles. The van der Waals surface area contributed by atoms with Crippen LogP contribution in [0, 0.1) is 0 Å². The van der Waals surface area contributed by atoms with Crippen molar-refractivity contribution in [1.29, 1.82) is 0 Å². The number of nitrogens with one attached hydrogen (secondary N) is 1. The van der Waals surface area contributed by atoms with Gasteiger partial charge in [-0.05, 0) is 40.0 Å². The molecule has 0 aromatic carbocycles. The minimum absolute atomic E-state index is 0.360. The van der Waals surface area contributed by atoms with E-state index in [9.17, 15) is 0 Å². The molecule has 80 valence electrons. The van der Waals surface area contributed by atoms with Crippen molar-refractivity contribution in [3.8, 4) is 0 Å². The summed E-state index contributed by atoms with van der Waals surface area (Å²) in [7, 11) is 1.99. The van der Waals surface area contributed by atoms with Crippen LogP contribution in [-0.2, 0) is 6.42 Å². The van der Waals surface area contributed by atoms with E-state index in [1.807, 2.05) is 18.6 Å². The van der Waals surface area contributed by atoms with E-state index >= 15 is 0 Å². The maximum absolute atomic E-state index is 4.31. The molecule has 5 heteroatoms. The molecule has 0 saturated heterocycles. The van der Waals surface area contributed by atoms with E-state index in [-0.39, 0.29) is 0 Å². The van der Waals surface area contributed by atoms with E-state index < -0.39 is 0 Å². The monoisotopic (exact) mass is 302 g/mol. The zero-order chi connectivity index (χ0) is 10.7. The van der Waals surface area contributed by atoms with Crippen molar-refractivity contribution in [2.75, 3.05) is 7.05 Å². The minimum Gasteiger partial charge on any atom is -0.313 e. The van der Waals surface area contributed by atoms with Crippen LogP contribution in [-0.4, -0.2) is 12.0 Å². The van der Waals surface area contributed by atoms with Gasteiger partial charge in [0, 0.05) is 24.0 Å². The summed E-state index contributed by atoms with van der Waals surface area (Å²) >= 11 is 6.91. The predicted octanol–water partition coefficient (Wildman–Crippen LogP) is 3.47. The summed E-state index contributed by atoms with van der Waals surface area (Å²) in [5.74, 6) is 0. The maximum atomic E-state index is 4.31. The summed E-state index contributed by atoms with van der Waals surface area (Å²) in [5, 5.41) is 8.70. The molecule has 1 unspecified atom stereocenters. The van der Waals surface area contributed by atoms with Gasteiger partial charge in [-0.25, -0.2) is 4.98 Å². The highest BCUT2D eigenvalue weighted by atomic mass is 79.9. The Morgan fingerprint density at radius 3 is 2.93 bits per heavy atom. The lowest BCUT2D eigenvalue weighted by Crippen LogP contribution is -2.18. The molecular weight excluding hydrogens is 292 g/mol. The van der Waals surface area contributed by atoms with Crippen molar-refractivity contribution in [2.45, 2.75) is 12.5 Å². The quantitative estimate of drug-likeness (QED) is 0.935. The van der Waals surface area contributed by atoms with Crippen LogP contribution in [0.4, 0.5) is 0 Å². The second kappa shape index (κ2) is 5.21. The number of hydrogen-bond acceptors (Lipinski definition) is 4. The van der Waals surface area contributed by atoms with Gasteiger partial charge < -0.3 is 5.32 Å². The van der Waals surface area contributed by atoms with E-state index in [1.54, 1.807) is 22.7 Å². The molecule has 1 atom stereocenters. The number of rotatable bonds is 4. The number of halogens is 1. The second-order valence-corrected chi connectivity index (χ2v) is 6.42. The van der Waals surface area contributed by atoms with Crippen LogP contribution in [0.25, 0.3) is 0 Å². The molecule has 0 bridgehead atoms. The third kappa shape index (κ3) is 2.87. The Labute approximate surface area is 106 Å². The Hall–Kier alpha value is -0.230. The van der Waals surface area contributed by atoms with E-state index in [4.69, 9.17) is 0 Å². The first-order chi connectivity index (χ1) is 7.29. The first-order valence-corrected chi connectivity index (χ1v) is 7.14. The molecule has 0 aliphatic heterocycles. The molecular formula is C10H11BrN2S2. The van der Waals surface area contributed by atoms with E-state index in [0.717, 1.165) is 6.42 Å². The van der Waals surface area contributed by atoms with Gasteiger partial charge in [0.05, 0.1) is 8.79 Å². The number of thiazole rings is 1. The molecule has 0 aliphatic rings. The predicted molar refractivity (Wildman–Crippen MR) is 69.6 cm³/mol. The lowest BCUT2D eigenvalue weighted by atomic mass is 10.1. The number of likely N-dealkylation sites (N-methyl/N-ethyl adjacent to an activating group) is 1. The van der Waals surface area contributed by atoms with Crippen LogP contribution < -0.4 is 5.32 Å². The number of nitrogens with zero attached hydrogens (tertiary/aromatic N) is 1. The molecule has 0 amide bonds. The van der Waals surface area contributed by atoms with Crippen LogP contribution in [0.3, 0.4) is 0 Å². The number of thiophene rings is 1. The Balaban J connectivity index is 2.11. The van der Waals surface area contributed by atoms with Gasteiger partial charge in [-0.1, -0.05) is 0 Å². The third-order valence-electron chi connectivity index (χ3n) is 2.20. The van der Waals surface area contributed by atoms with Crippen molar-refractivity contribution in [3.63, 3.8) is 0 Å². The Morgan fingerprint density at radius 1 is 1.53 bits per heavy atom. The highest BCUT2D eigenvalue weighted by molar-refractivity contribution is 9.11. The van der Waals surface area contributed by atoms with Gasteiger partial charge in [0.25, 0.3) is 0 Å². The lowest BCUT2D eigenvalue weighted by Gasteiger charge is -2.12. The SMILES string of the molecule is CNC(Cc1nccs1)c1csc(Br)c1. The summed E-state index contributed by atoms with van der Waals surface area (Å²) in [6, 6.07) is 2.53. The smallest absolute Gasteiger partial charge is 0.0943 e. The molecule has 2 nitrogen and oxygen atoms in total. The zero-order valence-electron chi connectivity index (χ0n) is 8.24. The average Bonchev–Trinajstić information content (AvgIpc) is 2.85. The van der Waals surface area contributed by atoms with Crippen LogP contribution in [0.2, 0.25) is 0 Å². The highest BCUT2D eigenvalue weighted by Gasteiger charge is 2.12. The zero-order valence-corrected chi connectivity index (χ0v) is 11.5. The van der Waals surface area contributed by atoms with Gasteiger partial charge in [-0.2, -0.15) is 0 Å². The molecule has 2 aromatic rings. The third-order valence-corrected chi connectivity index (χ3v) is 4.53. The molecule has 0 fully saturated rings. The van der Waals surface area contributed by atoms with Gasteiger partial charge in [-0.3, -0.25) is 0 Å². The first kappa shape index (κ1) is 11.3. The average molecular weight is 303 g/mol. The molecule has 2 heterocycles. The molecule has 2 aromatic heterocycles. The molecule has 0 radical (unpaired) electrons. The van der Waals surface area contributed by atoms with Crippen molar-refractivity contribution in [3.05, 3.63) is 37.4 Å². The standard InChI is InChI=1S/C10H11BrN2S2/c1-12-8(5-10-13-2-3-14-10)7-4-9(11)15-6-7/h2-4,6,8,12H,5H2,1H3. The van der Waals surface area contributed by atoms with Gasteiger partial charge in [0.2, 0.25) is 0 Å². The van der Waals surface area contributed by atoms with Crippen LogP contribution in [0.5, 0.6) is 0 Å². The first-order valence-electron chi connectivity index (χ1n) is 4.59. The van der Waals surface area contributed by atoms with Crippen molar-refractivity contribution < 1.29 is 0 Å². The van der Waals surface area contributed by atoms with E-state index in [0.29, 0.717) is 6.04 Å². The second-order valence-electron chi connectivity index (χ2n) is 3.16. The fraction of sp³-hybridized carbons (Fsp3) is 0.300. The van der Waals surface area contributed by atoms with Crippen molar-refractivity contribution >= 4 is 38.6 Å². The van der Waals surface area contributed by atoms with Gasteiger partial charge >= 0.3 is 0 Å².